The van der Waals surface area contributed by atoms with E-state index in [-0.39, 0.29) is 0 Å². The van der Waals surface area contributed by atoms with Crippen molar-refractivity contribution in [1.29, 1.82) is 0 Å². The molecule has 14 rings (SSSR count). The van der Waals surface area contributed by atoms with Gasteiger partial charge in [0.05, 0.1) is 27.8 Å². The second kappa shape index (κ2) is 17.1. The number of rotatable bonds is 8. The number of fused-ring (bicyclic) bond motifs is 7. The van der Waals surface area contributed by atoms with E-state index in [0.29, 0.717) is 0 Å². The van der Waals surface area contributed by atoms with Gasteiger partial charge in [-0.1, -0.05) is 164 Å². The molecule has 0 aliphatic carbocycles. The van der Waals surface area contributed by atoms with Crippen LogP contribution in [0.5, 0.6) is 0 Å². The van der Waals surface area contributed by atoms with Crippen LogP contribution >= 0.6 is 0 Å². The van der Waals surface area contributed by atoms with Gasteiger partial charge in [0, 0.05) is 56.4 Å². The maximum atomic E-state index is 4.59. The molecule has 0 N–H and O–H groups in total. The summed E-state index contributed by atoms with van der Waals surface area (Å²) >= 11 is 0. The molecule has 3 aromatic heterocycles. The fourth-order valence-electron chi connectivity index (χ4n) is 11.1. The van der Waals surface area contributed by atoms with E-state index in [2.05, 4.69) is 262 Å². The smallest absolute Gasteiger partial charge is 0.0702 e. The molecule has 0 radical (unpaired) electrons. The molecule has 72 heavy (non-hydrogen) atoms. The minimum absolute atomic E-state index is 0.994. The average molecular weight is 917 g/mol. The van der Waals surface area contributed by atoms with Gasteiger partial charge in [-0.3, -0.25) is 9.97 Å². The largest absolute Gasteiger partial charge is 0.310 e. The lowest BCUT2D eigenvalue weighted by molar-refractivity contribution is 1.18. The molecule has 0 aliphatic heterocycles. The molecule has 0 saturated heterocycles. The van der Waals surface area contributed by atoms with Crippen molar-refractivity contribution in [3.05, 3.63) is 267 Å². The second-order valence-corrected chi connectivity index (χ2v) is 18.5. The summed E-state index contributed by atoms with van der Waals surface area (Å²) in [5.74, 6) is 0. The molecule has 4 nitrogen and oxygen atoms in total. The van der Waals surface area contributed by atoms with Crippen LogP contribution in [-0.4, -0.2) is 14.5 Å². The van der Waals surface area contributed by atoms with Gasteiger partial charge in [0.15, 0.2) is 0 Å². The predicted octanol–water partition coefficient (Wildman–Crippen LogP) is 18.3. The fraction of sp³-hybridized carbons (Fsp3) is 0. The predicted molar refractivity (Wildman–Crippen MR) is 303 cm³/mol. The third-order valence-electron chi connectivity index (χ3n) is 14.4. The summed E-state index contributed by atoms with van der Waals surface area (Å²) in [6, 6.07) is 92.8. The molecule has 0 aliphatic rings. The van der Waals surface area contributed by atoms with Gasteiger partial charge < -0.3 is 9.47 Å². The molecule has 0 unspecified atom stereocenters. The molecule has 0 bridgehead atoms. The summed E-state index contributed by atoms with van der Waals surface area (Å²) in [5.41, 5.74) is 18.1. The van der Waals surface area contributed by atoms with Crippen LogP contribution in [0.4, 0.5) is 17.1 Å². The standard InChI is InChI=1S/C68H44N4/c1-3-16-53(17-4-1)71(55-36-39-64-60(44-55)56-20-9-10-24-63(56)72(64)54-18-5-2-6-19-54)65-25-11-23-59-66(47-30-26-45(27-31-47)49-34-37-61-51(42-49)14-12-40-69-61)57-21-7-8-22-58(57)67(68(59)65)48-32-28-46(29-33-48)50-35-38-62-52(43-50)15-13-41-70-62/h1-44H. The molecule has 0 saturated carbocycles. The molecule has 11 aromatic carbocycles. The van der Waals surface area contributed by atoms with E-state index in [1.54, 1.807) is 0 Å². The number of benzene rings is 11. The quantitative estimate of drug-likeness (QED) is 0.142. The number of nitrogens with zero attached hydrogens (tertiary/aromatic N) is 4. The molecule has 336 valence electrons. The first-order valence-electron chi connectivity index (χ1n) is 24.5. The number of hydrogen-bond donors (Lipinski definition) is 0. The van der Waals surface area contributed by atoms with Crippen LogP contribution in [0.15, 0.2) is 267 Å². The van der Waals surface area contributed by atoms with E-state index in [1.165, 1.54) is 54.5 Å². The van der Waals surface area contributed by atoms with Crippen LogP contribution in [-0.2, 0) is 0 Å². The lowest BCUT2D eigenvalue weighted by Gasteiger charge is -2.29. The fourth-order valence-corrected chi connectivity index (χ4v) is 11.1. The van der Waals surface area contributed by atoms with Gasteiger partial charge in [0.25, 0.3) is 0 Å². The van der Waals surface area contributed by atoms with E-state index in [4.69, 9.17) is 0 Å². The van der Waals surface area contributed by atoms with Crippen molar-refractivity contribution in [3.8, 4) is 50.2 Å². The Morgan fingerprint density at radius 2 is 0.819 bits per heavy atom. The van der Waals surface area contributed by atoms with Gasteiger partial charge in [-0.15, -0.1) is 0 Å². The Labute approximate surface area is 417 Å². The minimum atomic E-state index is 0.994. The van der Waals surface area contributed by atoms with Crippen LogP contribution < -0.4 is 4.90 Å². The summed E-state index contributed by atoms with van der Waals surface area (Å²) in [5, 5.41) is 9.42. The second-order valence-electron chi connectivity index (χ2n) is 18.5. The van der Waals surface area contributed by atoms with Gasteiger partial charge in [-0.2, -0.15) is 0 Å². The van der Waals surface area contributed by atoms with Gasteiger partial charge in [0.1, 0.15) is 0 Å². The maximum Gasteiger partial charge on any atom is 0.0702 e. The van der Waals surface area contributed by atoms with Crippen molar-refractivity contribution in [2.75, 3.05) is 4.90 Å². The number of hydrogen-bond acceptors (Lipinski definition) is 3. The van der Waals surface area contributed by atoms with Gasteiger partial charge >= 0.3 is 0 Å². The first-order chi connectivity index (χ1) is 35.7. The van der Waals surface area contributed by atoms with Crippen LogP contribution in [0.1, 0.15) is 0 Å². The Balaban J connectivity index is 1.02. The monoisotopic (exact) mass is 916 g/mol. The highest BCUT2D eigenvalue weighted by Gasteiger charge is 2.24. The normalized spacial score (nSPS) is 11.6. The molecule has 0 atom stereocenters. The number of pyridine rings is 2. The molecular formula is C68H44N4. The summed E-state index contributed by atoms with van der Waals surface area (Å²) in [6.07, 6.45) is 3.71. The lowest BCUT2D eigenvalue weighted by atomic mass is 9.84. The van der Waals surface area contributed by atoms with E-state index >= 15 is 0 Å². The number of anilines is 3. The zero-order valence-electron chi connectivity index (χ0n) is 39.2. The molecule has 0 amide bonds. The Morgan fingerprint density at radius 3 is 1.47 bits per heavy atom. The van der Waals surface area contributed by atoms with E-state index < -0.39 is 0 Å². The maximum absolute atomic E-state index is 4.59. The molecule has 14 aromatic rings. The highest BCUT2D eigenvalue weighted by atomic mass is 15.1. The molecule has 0 spiro atoms. The Bertz CT molecular complexity index is 4370. The van der Waals surface area contributed by atoms with Crippen LogP contribution in [0.2, 0.25) is 0 Å². The molecule has 3 heterocycles. The molecule has 4 heteroatoms. The summed E-state index contributed by atoms with van der Waals surface area (Å²) in [7, 11) is 0. The van der Waals surface area contributed by atoms with E-state index in [0.717, 1.165) is 77.9 Å². The van der Waals surface area contributed by atoms with Crippen molar-refractivity contribution in [2.45, 2.75) is 0 Å². The number of para-hydroxylation sites is 3. The summed E-state index contributed by atoms with van der Waals surface area (Å²) in [6.45, 7) is 0. The third-order valence-corrected chi connectivity index (χ3v) is 14.4. The lowest BCUT2D eigenvalue weighted by Crippen LogP contribution is -2.11. The topological polar surface area (TPSA) is 34.0 Å². The van der Waals surface area contributed by atoms with Crippen LogP contribution in [0, 0.1) is 0 Å². The Hall–Kier alpha value is -9.64. The minimum Gasteiger partial charge on any atom is -0.310 e. The van der Waals surface area contributed by atoms with E-state index in [1.807, 2.05) is 24.5 Å². The highest BCUT2D eigenvalue weighted by Crippen LogP contribution is 2.50. The highest BCUT2D eigenvalue weighted by molar-refractivity contribution is 6.25. The van der Waals surface area contributed by atoms with Gasteiger partial charge in [-0.05, 0) is 152 Å². The SMILES string of the molecule is c1ccc(N(c2ccc3c(c2)c2ccccc2n3-c2ccccc2)c2cccc3c(-c4ccc(-c5ccc6ncccc6c5)cc4)c4ccccc4c(-c4ccc(-c5ccc6ncccc6c5)cc4)c23)cc1. The molecular weight excluding hydrogens is 873 g/mol. The van der Waals surface area contributed by atoms with Crippen LogP contribution in [0.25, 0.3) is 115 Å². The van der Waals surface area contributed by atoms with Gasteiger partial charge in [-0.25, -0.2) is 0 Å². The van der Waals surface area contributed by atoms with E-state index in [9.17, 15) is 0 Å². The number of aromatic nitrogens is 3. The first kappa shape index (κ1) is 41.3. The van der Waals surface area contributed by atoms with Crippen molar-refractivity contribution in [1.82, 2.24) is 14.5 Å². The Kier molecular flexibility index (Phi) is 9.82. The van der Waals surface area contributed by atoms with Crippen molar-refractivity contribution in [3.63, 3.8) is 0 Å². The first-order valence-corrected chi connectivity index (χ1v) is 24.5. The summed E-state index contributed by atoms with van der Waals surface area (Å²) in [4.78, 5) is 11.6. The van der Waals surface area contributed by atoms with Gasteiger partial charge in [0.2, 0.25) is 0 Å². The Morgan fingerprint density at radius 1 is 0.306 bits per heavy atom. The zero-order valence-corrected chi connectivity index (χ0v) is 39.2. The van der Waals surface area contributed by atoms with Crippen LogP contribution in [0.3, 0.4) is 0 Å². The zero-order chi connectivity index (χ0) is 47.5. The summed E-state index contributed by atoms with van der Waals surface area (Å²) < 4.78 is 2.39. The molecule has 0 fully saturated rings. The van der Waals surface area contributed by atoms with Crippen molar-refractivity contribution >= 4 is 82.2 Å². The average Bonchev–Trinajstić information content (AvgIpc) is 3.78. The third kappa shape index (κ3) is 6.92. The van der Waals surface area contributed by atoms with Crippen molar-refractivity contribution < 1.29 is 0 Å². The van der Waals surface area contributed by atoms with Crippen molar-refractivity contribution in [2.24, 2.45) is 0 Å².